The van der Waals surface area contributed by atoms with Crippen molar-refractivity contribution in [2.75, 3.05) is 39.3 Å². The van der Waals surface area contributed by atoms with Gasteiger partial charge in [0.15, 0.2) is 0 Å². The number of rotatable bonds is 3. The predicted octanol–water partition coefficient (Wildman–Crippen LogP) is 0.942. The highest BCUT2D eigenvalue weighted by molar-refractivity contribution is 5.90. The summed E-state index contributed by atoms with van der Waals surface area (Å²) in [7, 11) is 0. The van der Waals surface area contributed by atoms with Crippen LogP contribution in [0.4, 0.5) is 0 Å². The first-order valence-electron chi connectivity index (χ1n) is 8.49. The number of fused-ring (bicyclic) bond motifs is 1. The van der Waals surface area contributed by atoms with E-state index >= 15 is 0 Å². The molecule has 0 aromatic carbocycles. The molecular weight excluding hydrogens is 266 g/mol. The van der Waals surface area contributed by atoms with Gasteiger partial charge in [0.25, 0.3) is 0 Å². The molecule has 0 N–H and O–H groups in total. The van der Waals surface area contributed by atoms with Gasteiger partial charge in [0.05, 0.1) is 0 Å². The van der Waals surface area contributed by atoms with Gasteiger partial charge in [0.2, 0.25) is 11.8 Å². The van der Waals surface area contributed by atoms with Gasteiger partial charge in [-0.3, -0.25) is 9.59 Å². The number of amides is 2. The van der Waals surface area contributed by atoms with Crippen molar-refractivity contribution in [3.8, 4) is 0 Å². The lowest BCUT2D eigenvalue weighted by Gasteiger charge is -2.34. The van der Waals surface area contributed by atoms with E-state index in [0.717, 1.165) is 45.6 Å². The quantitative estimate of drug-likeness (QED) is 0.778. The first kappa shape index (κ1) is 14.8. The lowest BCUT2D eigenvalue weighted by molar-refractivity contribution is -0.139. The second-order valence-electron chi connectivity index (χ2n) is 6.66. The van der Waals surface area contributed by atoms with E-state index in [9.17, 15) is 9.59 Å². The van der Waals surface area contributed by atoms with E-state index in [4.69, 9.17) is 0 Å². The second kappa shape index (κ2) is 6.34. The van der Waals surface area contributed by atoms with Gasteiger partial charge in [-0.15, -0.1) is 0 Å². The molecule has 5 heteroatoms. The summed E-state index contributed by atoms with van der Waals surface area (Å²) in [5.74, 6) is 0.991. The van der Waals surface area contributed by atoms with E-state index < -0.39 is 0 Å². The monoisotopic (exact) mass is 293 g/mol. The fraction of sp³-hybridized carbons (Fsp3) is 0.875. The maximum absolute atomic E-state index is 12.7. The summed E-state index contributed by atoms with van der Waals surface area (Å²) in [5.41, 5.74) is 0. The molecule has 3 heterocycles. The molecule has 0 saturated carbocycles. The molecule has 3 fully saturated rings. The van der Waals surface area contributed by atoms with Crippen LogP contribution in [-0.4, -0.2) is 71.8 Å². The van der Waals surface area contributed by atoms with Crippen molar-refractivity contribution < 1.29 is 9.59 Å². The van der Waals surface area contributed by atoms with Crippen LogP contribution in [0.15, 0.2) is 0 Å². The Morgan fingerprint density at radius 2 is 1.81 bits per heavy atom. The highest BCUT2D eigenvalue weighted by Gasteiger charge is 2.39. The Morgan fingerprint density at radius 1 is 1.05 bits per heavy atom. The van der Waals surface area contributed by atoms with Crippen molar-refractivity contribution in [1.29, 1.82) is 0 Å². The summed E-state index contributed by atoms with van der Waals surface area (Å²) in [6.45, 7) is 7.89. The predicted molar refractivity (Wildman–Crippen MR) is 80.8 cm³/mol. The van der Waals surface area contributed by atoms with Crippen molar-refractivity contribution in [3.63, 3.8) is 0 Å². The van der Waals surface area contributed by atoms with E-state index in [-0.39, 0.29) is 17.9 Å². The molecule has 3 aliphatic heterocycles. The topological polar surface area (TPSA) is 43.9 Å². The molecule has 2 amide bonds. The smallest absolute Gasteiger partial charge is 0.245 e. The van der Waals surface area contributed by atoms with Crippen LogP contribution < -0.4 is 0 Å². The molecule has 118 valence electrons. The summed E-state index contributed by atoms with van der Waals surface area (Å²) < 4.78 is 0. The summed E-state index contributed by atoms with van der Waals surface area (Å²) >= 11 is 0. The van der Waals surface area contributed by atoms with Crippen molar-refractivity contribution in [2.45, 2.75) is 45.1 Å². The van der Waals surface area contributed by atoms with Crippen LogP contribution >= 0.6 is 0 Å². The number of nitrogens with zero attached hydrogens (tertiary/aromatic N) is 3. The average molecular weight is 293 g/mol. The molecule has 0 aromatic rings. The van der Waals surface area contributed by atoms with Crippen LogP contribution in [0.1, 0.15) is 39.0 Å². The van der Waals surface area contributed by atoms with Gasteiger partial charge in [-0.05, 0) is 51.2 Å². The minimum Gasteiger partial charge on any atom is -0.340 e. The van der Waals surface area contributed by atoms with Gasteiger partial charge >= 0.3 is 0 Å². The maximum Gasteiger partial charge on any atom is 0.245 e. The molecule has 1 unspecified atom stereocenters. The van der Waals surface area contributed by atoms with Crippen LogP contribution in [0, 0.1) is 5.92 Å². The molecule has 3 saturated heterocycles. The van der Waals surface area contributed by atoms with Crippen LogP contribution in [0.2, 0.25) is 0 Å². The Hall–Kier alpha value is -1.10. The van der Waals surface area contributed by atoms with Gasteiger partial charge in [0, 0.05) is 26.1 Å². The molecule has 0 spiro atoms. The van der Waals surface area contributed by atoms with E-state index in [1.54, 1.807) is 0 Å². The molecule has 1 atom stereocenters. The van der Waals surface area contributed by atoms with Gasteiger partial charge in [0.1, 0.15) is 6.04 Å². The summed E-state index contributed by atoms with van der Waals surface area (Å²) in [4.78, 5) is 31.1. The second-order valence-corrected chi connectivity index (χ2v) is 6.66. The minimum absolute atomic E-state index is 0.157. The number of hydrogen-bond acceptors (Lipinski definition) is 3. The van der Waals surface area contributed by atoms with Crippen LogP contribution in [0.3, 0.4) is 0 Å². The number of carbonyl (C=O) groups excluding carboxylic acids is 2. The summed E-state index contributed by atoms with van der Waals surface area (Å²) in [6, 6.07) is -0.157. The first-order valence-corrected chi connectivity index (χ1v) is 8.49. The first-order chi connectivity index (χ1) is 10.2. The van der Waals surface area contributed by atoms with Crippen LogP contribution in [-0.2, 0) is 9.59 Å². The lowest BCUT2D eigenvalue weighted by atomic mass is 9.96. The highest BCUT2D eigenvalue weighted by atomic mass is 16.2. The fourth-order valence-electron chi connectivity index (χ4n) is 4.00. The number of hydrogen-bond donors (Lipinski definition) is 0. The molecule has 0 radical (unpaired) electrons. The maximum atomic E-state index is 12.7. The molecule has 3 rings (SSSR count). The third kappa shape index (κ3) is 3.07. The zero-order valence-corrected chi connectivity index (χ0v) is 13.1. The van der Waals surface area contributed by atoms with Gasteiger partial charge in [-0.1, -0.05) is 6.92 Å². The normalized spacial score (nSPS) is 28.9. The Bertz CT molecular complexity index is 404. The zero-order chi connectivity index (χ0) is 14.8. The SMILES string of the molecule is CCN1CCC(CN2CCC(=O)N3CCCC3C2=O)CC1. The standard InChI is InChI=1S/C16H27N3O2/c1-2-17-9-5-13(6-10-17)12-18-11-7-15(20)19-8-3-4-14(19)16(18)21/h13-14H,2-12H2,1H3. The van der Waals surface area contributed by atoms with Crippen molar-refractivity contribution >= 4 is 11.8 Å². The molecule has 3 aliphatic rings. The van der Waals surface area contributed by atoms with Gasteiger partial charge in [-0.2, -0.15) is 0 Å². The minimum atomic E-state index is -0.157. The molecule has 5 nitrogen and oxygen atoms in total. The van der Waals surface area contributed by atoms with E-state index in [0.29, 0.717) is 18.9 Å². The van der Waals surface area contributed by atoms with E-state index in [2.05, 4.69) is 11.8 Å². The molecular formula is C16H27N3O2. The summed E-state index contributed by atoms with van der Waals surface area (Å²) in [5, 5.41) is 0. The average Bonchev–Trinajstić information content (AvgIpc) is 2.97. The third-order valence-corrected chi connectivity index (χ3v) is 5.40. The van der Waals surface area contributed by atoms with Crippen molar-refractivity contribution in [3.05, 3.63) is 0 Å². The van der Waals surface area contributed by atoms with Crippen LogP contribution in [0.5, 0.6) is 0 Å². The molecule has 0 bridgehead atoms. The van der Waals surface area contributed by atoms with E-state index in [1.807, 2.05) is 9.80 Å². The van der Waals surface area contributed by atoms with Crippen LogP contribution in [0.25, 0.3) is 0 Å². The fourth-order valence-corrected chi connectivity index (χ4v) is 4.00. The summed E-state index contributed by atoms with van der Waals surface area (Å²) in [6.07, 6.45) is 4.70. The lowest BCUT2D eigenvalue weighted by Crippen LogP contribution is -2.46. The Kier molecular flexibility index (Phi) is 4.48. The zero-order valence-electron chi connectivity index (χ0n) is 13.1. The number of carbonyl (C=O) groups is 2. The Morgan fingerprint density at radius 3 is 2.52 bits per heavy atom. The largest absolute Gasteiger partial charge is 0.340 e. The van der Waals surface area contributed by atoms with Crippen molar-refractivity contribution in [1.82, 2.24) is 14.7 Å². The molecule has 0 aromatic heterocycles. The van der Waals surface area contributed by atoms with Gasteiger partial charge < -0.3 is 14.7 Å². The third-order valence-electron chi connectivity index (χ3n) is 5.40. The van der Waals surface area contributed by atoms with E-state index in [1.165, 1.54) is 12.8 Å². The molecule has 21 heavy (non-hydrogen) atoms. The number of likely N-dealkylation sites (tertiary alicyclic amines) is 1. The highest BCUT2D eigenvalue weighted by Crippen LogP contribution is 2.25. The number of piperidine rings is 1. The molecule has 0 aliphatic carbocycles. The van der Waals surface area contributed by atoms with Gasteiger partial charge in [-0.25, -0.2) is 0 Å². The Labute approximate surface area is 127 Å². The Balaban J connectivity index is 1.60. The van der Waals surface area contributed by atoms with Crippen molar-refractivity contribution in [2.24, 2.45) is 5.92 Å².